The Labute approximate surface area is 360 Å². The fraction of sp³-hybridized carbons (Fsp3) is 0.281. The first-order valence-corrected chi connectivity index (χ1v) is 20.2. The number of urea groups is 1. The van der Waals surface area contributed by atoms with Crippen molar-refractivity contribution in [3.05, 3.63) is 81.9 Å². The number of aromatic amines is 1. The summed E-state index contributed by atoms with van der Waals surface area (Å²) in [5.74, 6) is -2.94. The molecule has 22 nitrogen and oxygen atoms in total. The standard InChI is InChI=1S/C32H35N13O9S3.Na/c1-43(2)11-12-44-32(40-41-42-44)56-15-17-14-55-28-23(27(49)45(28)24(17)29(50)51)37-26(48)22(16-3-7-19(46)8-4-16)38-31(52)36-21-13-34-30(39-25(21)47)35-18-5-9-20(10-6-18)57(33,53)54;/h3-10,13,22-23,28,46H,11-12,14-15H2,1-2H3,(H,37,48)(H,50,51)(H2,33,53,54)(H2,36,38,52)(H2,34,35,39,47);/q;+1/p-1/t22?,23?,28-;/m0./s1. The number of hydrogen-bond donors (Lipinski definition) is 7. The van der Waals surface area contributed by atoms with Crippen LogP contribution in [0.15, 0.2) is 80.8 Å². The molecule has 2 aromatic heterocycles. The molecule has 58 heavy (non-hydrogen) atoms. The van der Waals surface area contributed by atoms with Gasteiger partial charge in [-0.05, 0) is 72.1 Å². The fourth-order valence-corrected chi connectivity index (χ4v) is 8.48. The number of anilines is 3. The number of carboxylic acids is 1. The quantitative estimate of drug-likeness (QED) is 0.0336. The minimum Gasteiger partial charge on any atom is -0.543 e. The van der Waals surface area contributed by atoms with Crippen LogP contribution >= 0.6 is 23.5 Å². The first-order valence-electron chi connectivity index (χ1n) is 16.7. The third-order valence-corrected chi connectivity index (χ3v) is 11.7. The van der Waals surface area contributed by atoms with E-state index >= 15 is 0 Å². The first kappa shape index (κ1) is 44.1. The van der Waals surface area contributed by atoms with E-state index in [0.29, 0.717) is 29.5 Å². The second-order valence-corrected chi connectivity index (χ2v) is 16.3. The smallest absolute Gasteiger partial charge is 0.543 e. The van der Waals surface area contributed by atoms with Crippen LogP contribution in [0.4, 0.5) is 22.1 Å². The molecule has 26 heteroatoms. The van der Waals surface area contributed by atoms with Crippen molar-refractivity contribution in [1.29, 1.82) is 0 Å². The maximum absolute atomic E-state index is 13.7. The van der Waals surface area contributed by atoms with Crippen LogP contribution in [0.3, 0.4) is 0 Å². The molecule has 1 fully saturated rings. The summed E-state index contributed by atoms with van der Waals surface area (Å²) in [7, 11) is -0.106. The van der Waals surface area contributed by atoms with Crippen molar-refractivity contribution in [3.63, 3.8) is 0 Å². The molecule has 0 saturated carbocycles. The minimum atomic E-state index is -3.91. The number of phenols is 1. The molecule has 0 radical (unpaired) electrons. The average molecular weight is 864 g/mol. The first-order chi connectivity index (χ1) is 27.1. The number of sulfonamides is 1. The Kier molecular flexibility index (Phi) is 14.2. The van der Waals surface area contributed by atoms with E-state index < -0.39 is 56.9 Å². The largest absolute Gasteiger partial charge is 1.00 e. The zero-order valence-corrected chi connectivity index (χ0v) is 35.4. The molecule has 2 aromatic carbocycles. The monoisotopic (exact) mass is 863 g/mol. The Balaban J connectivity index is 0.00000641. The number of carbonyl (C=O) groups is 4. The molecule has 2 aliphatic heterocycles. The molecule has 8 N–H and O–H groups in total. The van der Waals surface area contributed by atoms with Gasteiger partial charge in [0, 0.05) is 23.7 Å². The zero-order valence-electron chi connectivity index (χ0n) is 30.9. The molecule has 0 aliphatic carbocycles. The number of carbonyl (C=O) groups excluding carboxylic acids is 4. The molecular formula is C32H34N13NaO9S3. The zero-order chi connectivity index (χ0) is 41.0. The van der Waals surface area contributed by atoms with Crippen LogP contribution in [0.25, 0.3) is 0 Å². The van der Waals surface area contributed by atoms with Crippen LogP contribution in [0, 0.1) is 0 Å². The van der Waals surface area contributed by atoms with Crippen molar-refractivity contribution in [2.24, 2.45) is 5.14 Å². The number of nitrogens with zero attached hydrogens (tertiary/aromatic N) is 7. The third-order valence-electron chi connectivity index (χ3n) is 8.43. The van der Waals surface area contributed by atoms with Gasteiger partial charge in [-0.25, -0.2) is 28.0 Å². The predicted molar refractivity (Wildman–Crippen MR) is 203 cm³/mol. The summed E-state index contributed by atoms with van der Waals surface area (Å²) in [5.41, 5.74) is -0.431. The number of aliphatic carboxylic acids is 1. The van der Waals surface area contributed by atoms with Gasteiger partial charge >= 0.3 is 35.6 Å². The van der Waals surface area contributed by atoms with E-state index in [1.54, 1.807) is 4.68 Å². The Hall–Kier alpha value is -5.02. The van der Waals surface area contributed by atoms with E-state index in [4.69, 9.17) is 5.14 Å². The molecule has 3 atom stereocenters. The number of thioether (sulfide) groups is 2. The molecule has 0 bridgehead atoms. The molecular weight excluding hydrogens is 830 g/mol. The van der Waals surface area contributed by atoms with Crippen LogP contribution in [0.2, 0.25) is 0 Å². The van der Waals surface area contributed by atoms with Crippen molar-refractivity contribution in [1.82, 2.24) is 50.6 Å². The van der Waals surface area contributed by atoms with Gasteiger partial charge in [0.25, 0.3) is 11.5 Å². The average Bonchev–Trinajstić information content (AvgIpc) is 3.62. The second kappa shape index (κ2) is 18.7. The normalized spacial score (nSPS) is 16.8. The van der Waals surface area contributed by atoms with Crippen LogP contribution in [0.5, 0.6) is 5.75 Å². The Morgan fingerprint density at radius 1 is 1.14 bits per heavy atom. The van der Waals surface area contributed by atoms with Crippen LogP contribution in [0.1, 0.15) is 11.6 Å². The fourth-order valence-electron chi connectivity index (χ4n) is 5.57. The number of primary sulfonamides is 1. The number of rotatable bonds is 15. The van der Waals surface area contributed by atoms with Gasteiger partial charge in [0.05, 0.1) is 29.3 Å². The number of phenolic OH excluding ortho intramolecular Hbond substituents is 1. The number of carboxylic acid groups (broad SMARTS) is 1. The summed E-state index contributed by atoms with van der Waals surface area (Å²) < 4.78 is 24.6. The number of fused-ring (bicyclic) bond motifs is 1. The van der Waals surface area contributed by atoms with Crippen molar-refractivity contribution in [2.75, 3.05) is 42.8 Å². The van der Waals surface area contributed by atoms with Gasteiger partial charge < -0.3 is 41.2 Å². The summed E-state index contributed by atoms with van der Waals surface area (Å²) in [6.45, 7) is 1.17. The SMILES string of the molecule is CN(C)CCn1nnnc1SCC1=C(C(=O)[O-])N2C(=O)C(NC(=O)C(NC(=O)Nc3cnc(Nc4ccc(S(N)(=O)=O)cc4)[nH]c3=O)c3ccc(O)cc3)[C@@H]2SC1.[Na+]. The van der Waals surface area contributed by atoms with Gasteiger partial charge in [0.1, 0.15) is 28.9 Å². The number of likely N-dealkylation sites (N-methyl/N-ethyl adjacent to an activating group) is 1. The maximum atomic E-state index is 13.7. The molecule has 4 heterocycles. The molecule has 6 rings (SSSR count). The van der Waals surface area contributed by atoms with E-state index in [1.165, 1.54) is 72.1 Å². The number of H-pyrrole nitrogens is 1. The number of aromatic nitrogens is 6. The van der Waals surface area contributed by atoms with E-state index in [1.807, 2.05) is 19.0 Å². The summed E-state index contributed by atoms with van der Waals surface area (Å²) in [6.07, 6.45) is 1.04. The summed E-state index contributed by atoms with van der Waals surface area (Å²) in [5, 5.41) is 48.8. The van der Waals surface area contributed by atoms with Crippen LogP contribution in [-0.4, -0.2) is 121 Å². The molecule has 300 valence electrons. The number of benzene rings is 2. The van der Waals surface area contributed by atoms with Crippen LogP contribution < -0.4 is 66.6 Å². The van der Waals surface area contributed by atoms with Crippen LogP contribution in [-0.2, 0) is 31.0 Å². The molecule has 2 aliphatic rings. The van der Waals surface area contributed by atoms with Gasteiger partial charge in [-0.15, -0.1) is 16.9 Å². The minimum absolute atomic E-state index is 0. The number of β-lactam (4-membered cyclic amide) rings is 1. The summed E-state index contributed by atoms with van der Waals surface area (Å²) in [4.78, 5) is 74.9. The van der Waals surface area contributed by atoms with E-state index in [-0.39, 0.29) is 74.6 Å². The molecule has 4 aromatic rings. The molecule has 2 unspecified atom stereocenters. The van der Waals surface area contributed by atoms with Gasteiger partial charge in [-0.3, -0.25) is 24.3 Å². The van der Waals surface area contributed by atoms with Gasteiger partial charge in [-0.2, -0.15) is 0 Å². The summed E-state index contributed by atoms with van der Waals surface area (Å²) in [6, 6.07) is 6.95. The molecule has 0 spiro atoms. The van der Waals surface area contributed by atoms with E-state index in [9.17, 15) is 42.6 Å². The van der Waals surface area contributed by atoms with Gasteiger partial charge in [-0.1, -0.05) is 23.9 Å². The van der Waals surface area contributed by atoms with Crippen molar-refractivity contribution in [2.45, 2.75) is 34.1 Å². The predicted octanol–water partition coefficient (Wildman–Crippen LogP) is -4.52. The maximum Gasteiger partial charge on any atom is 1.00 e. The number of hydrogen-bond acceptors (Lipinski definition) is 17. The number of amides is 4. The van der Waals surface area contributed by atoms with Crippen molar-refractivity contribution < 1.29 is 67.4 Å². The number of nitrogens with one attached hydrogen (secondary N) is 5. The number of aromatic hydroxyl groups is 1. The number of tetrazole rings is 1. The number of nitrogens with two attached hydrogens (primary N) is 1. The van der Waals surface area contributed by atoms with E-state index in [2.05, 4.69) is 46.8 Å². The Bertz CT molecular complexity index is 2400. The summed E-state index contributed by atoms with van der Waals surface area (Å²) >= 11 is 2.44. The molecule has 4 amide bonds. The van der Waals surface area contributed by atoms with Gasteiger partial charge in [0.15, 0.2) is 0 Å². The second-order valence-electron chi connectivity index (χ2n) is 12.7. The topological polar surface area (TPSA) is 316 Å². The van der Waals surface area contributed by atoms with Crippen molar-refractivity contribution in [3.8, 4) is 5.75 Å². The van der Waals surface area contributed by atoms with Crippen molar-refractivity contribution >= 4 is 74.7 Å². The van der Waals surface area contributed by atoms with Gasteiger partial charge in [0.2, 0.25) is 27.0 Å². The Morgan fingerprint density at radius 2 is 1.84 bits per heavy atom. The third kappa shape index (κ3) is 10.3. The Morgan fingerprint density at radius 3 is 2.48 bits per heavy atom. The molecule has 1 saturated heterocycles. The van der Waals surface area contributed by atoms with E-state index in [0.717, 1.165) is 11.1 Å².